The molecule has 0 atom stereocenters. The highest BCUT2D eigenvalue weighted by Gasteiger charge is 2.37. The second-order valence-electron chi connectivity index (χ2n) is 4.25. The Morgan fingerprint density at radius 1 is 1.47 bits per heavy atom. The Bertz CT molecular complexity index is 229. The molecule has 2 amide bonds. The first-order valence-electron chi connectivity index (χ1n) is 5.57. The van der Waals surface area contributed by atoms with Crippen LogP contribution in [0, 0.1) is 0 Å². The van der Waals surface area contributed by atoms with Gasteiger partial charge >= 0.3 is 6.03 Å². The number of ether oxygens (including phenoxy) is 1. The minimum Gasteiger partial charge on any atom is -0.372 e. The third kappa shape index (κ3) is 2.23. The van der Waals surface area contributed by atoms with Gasteiger partial charge in [-0.3, -0.25) is 0 Å². The van der Waals surface area contributed by atoms with E-state index in [9.17, 15) is 4.79 Å². The number of piperidine rings is 1. The summed E-state index contributed by atoms with van der Waals surface area (Å²) in [5.41, 5.74) is -0.0111. The van der Waals surface area contributed by atoms with Gasteiger partial charge in [0.05, 0.1) is 12.2 Å². The fourth-order valence-electron chi connectivity index (χ4n) is 2.30. The zero-order chi connectivity index (χ0) is 10.7. The van der Waals surface area contributed by atoms with Crippen molar-refractivity contribution in [1.29, 1.82) is 0 Å². The van der Waals surface area contributed by atoms with E-state index >= 15 is 0 Å². The van der Waals surface area contributed by atoms with E-state index < -0.39 is 0 Å². The highest BCUT2D eigenvalue weighted by atomic mass is 16.5. The molecule has 0 aliphatic carbocycles. The number of nitrogens with one attached hydrogen (secondary N) is 2. The van der Waals surface area contributed by atoms with Crippen LogP contribution in [-0.2, 0) is 4.74 Å². The standard InChI is InChI=1S/C10H19N3O2/c1-11-9(14)13-5-2-10(3-6-13)8-12-4-7-15-10/h12H,2-8H2,1H3,(H,11,14). The van der Waals surface area contributed by atoms with Crippen LogP contribution < -0.4 is 10.6 Å². The average molecular weight is 213 g/mol. The largest absolute Gasteiger partial charge is 0.372 e. The van der Waals surface area contributed by atoms with E-state index in [0.29, 0.717) is 0 Å². The summed E-state index contributed by atoms with van der Waals surface area (Å²) in [7, 11) is 1.67. The lowest BCUT2D eigenvalue weighted by molar-refractivity contribution is -0.0945. The number of likely N-dealkylation sites (tertiary alicyclic amines) is 1. The van der Waals surface area contributed by atoms with E-state index in [1.165, 1.54) is 0 Å². The number of urea groups is 1. The van der Waals surface area contributed by atoms with E-state index in [1.807, 2.05) is 4.90 Å². The molecule has 15 heavy (non-hydrogen) atoms. The van der Waals surface area contributed by atoms with Gasteiger partial charge in [0.2, 0.25) is 0 Å². The Kier molecular flexibility index (Phi) is 3.11. The summed E-state index contributed by atoms with van der Waals surface area (Å²) in [4.78, 5) is 13.2. The van der Waals surface area contributed by atoms with Crippen molar-refractivity contribution in [3.05, 3.63) is 0 Å². The lowest BCUT2D eigenvalue weighted by atomic mass is 9.90. The van der Waals surface area contributed by atoms with Crippen molar-refractivity contribution in [3.63, 3.8) is 0 Å². The number of rotatable bonds is 0. The van der Waals surface area contributed by atoms with Crippen LogP contribution in [0.2, 0.25) is 0 Å². The molecule has 2 aliphatic rings. The molecule has 0 saturated carbocycles. The fourth-order valence-corrected chi connectivity index (χ4v) is 2.30. The number of nitrogens with zero attached hydrogens (tertiary/aromatic N) is 1. The van der Waals surface area contributed by atoms with Crippen LogP contribution in [0.25, 0.3) is 0 Å². The Hall–Kier alpha value is -0.810. The van der Waals surface area contributed by atoms with Crippen LogP contribution in [0.4, 0.5) is 4.79 Å². The second kappa shape index (κ2) is 4.37. The van der Waals surface area contributed by atoms with Gasteiger partial charge in [0.15, 0.2) is 0 Å². The summed E-state index contributed by atoms with van der Waals surface area (Å²) in [5.74, 6) is 0. The van der Waals surface area contributed by atoms with Gasteiger partial charge in [-0.15, -0.1) is 0 Å². The normalized spacial score (nSPS) is 25.3. The first-order valence-corrected chi connectivity index (χ1v) is 5.57. The van der Waals surface area contributed by atoms with Crippen LogP contribution in [0.1, 0.15) is 12.8 Å². The monoisotopic (exact) mass is 213 g/mol. The summed E-state index contributed by atoms with van der Waals surface area (Å²) in [5, 5.41) is 6.02. The Morgan fingerprint density at radius 3 is 2.73 bits per heavy atom. The first kappa shape index (κ1) is 10.7. The Balaban J connectivity index is 1.88. The van der Waals surface area contributed by atoms with Crippen molar-refractivity contribution < 1.29 is 9.53 Å². The van der Waals surface area contributed by atoms with Crippen molar-refractivity contribution >= 4 is 6.03 Å². The summed E-state index contributed by atoms with van der Waals surface area (Å²) in [6.45, 7) is 4.25. The van der Waals surface area contributed by atoms with E-state index in [0.717, 1.165) is 45.6 Å². The zero-order valence-electron chi connectivity index (χ0n) is 9.21. The van der Waals surface area contributed by atoms with E-state index in [4.69, 9.17) is 4.74 Å². The van der Waals surface area contributed by atoms with Crippen molar-refractivity contribution in [1.82, 2.24) is 15.5 Å². The quantitative estimate of drug-likeness (QED) is 0.585. The molecular formula is C10H19N3O2. The Morgan fingerprint density at radius 2 is 2.20 bits per heavy atom. The molecule has 5 heteroatoms. The maximum Gasteiger partial charge on any atom is 0.317 e. The van der Waals surface area contributed by atoms with Crippen molar-refractivity contribution in [2.45, 2.75) is 18.4 Å². The third-order valence-electron chi connectivity index (χ3n) is 3.31. The van der Waals surface area contributed by atoms with Gasteiger partial charge < -0.3 is 20.3 Å². The highest BCUT2D eigenvalue weighted by molar-refractivity contribution is 5.73. The number of carbonyl (C=O) groups is 1. The Labute approximate surface area is 90.1 Å². The van der Waals surface area contributed by atoms with E-state index in [2.05, 4.69) is 10.6 Å². The van der Waals surface area contributed by atoms with Crippen molar-refractivity contribution in [2.75, 3.05) is 39.8 Å². The molecule has 2 fully saturated rings. The number of carbonyl (C=O) groups excluding carboxylic acids is 1. The maximum absolute atomic E-state index is 11.4. The minimum absolute atomic E-state index is 0.0111. The highest BCUT2D eigenvalue weighted by Crippen LogP contribution is 2.27. The zero-order valence-corrected chi connectivity index (χ0v) is 9.21. The second-order valence-corrected chi connectivity index (χ2v) is 4.25. The lowest BCUT2D eigenvalue weighted by Gasteiger charge is -2.43. The van der Waals surface area contributed by atoms with Gasteiger partial charge in [-0.2, -0.15) is 0 Å². The average Bonchev–Trinajstić information content (AvgIpc) is 2.30. The molecule has 0 unspecified atom stereocenters. The summed E-state index contributed by atoms with van der Waals surface area (Å²) in [6.07, 6.45) is 1.88. The topological polar surface area (TPSA) is 53.6 Å². The summed E-state index contributed by atoms with van der Waals surface area (Å²) in [6, 6.07) is 0.0219. The number of morpholine rings is 1. The molecule has 0 aromatic heterocycles. The maximum atomic E-state index is 11.4. The van der Waals surface area contributed by atoms with Crippen LogP contribution >= 0.6 is 0 Å². The van der Waals surface area contributed by atoms with E-state index in [-0.39, 0.29) is 11.6 Å². The molecule has 2 saturated heterocycles. The molecule has 0 aromatic rings. The fraction of sp³-hybridized carbons (Fsp3) is 0.900. The molecule has 1 spiro atoms. The third-order valence-corrected chi connectivity index (χ3v) is 3.31. The smallest absolute Gasteiger partial charge is 0.317 e. The molecular weight excluding hydrogens is 194 g/mol. The van der Waals surface area contributed by atoms with Crippen LogP contribution in [-0.4, -0.2) is 56.4 Å². The van der Waals surface area contributed by atoms with Gasteiger partial charge in [-0.1, -0.05) is 0 Å². The molecule has 2 heterocycles. The minimum atomic E-state index is -0.0111. The molecule has 86 valence electrons. The van der Waals surface area contributed by atoms with Gasteiger partial charge in [0.1, 0.15) is 0 Å². The summed E-state index contributed by atoms with van der Waals surface area (Å²) >= 11 is 0. The van der Waals surface area contributed by atoms with Crippen molar-refractivity contribution in [3.8, 4) is 0 Å². The van der Waals surface area contributed by atoms with Crippen LogP contribution in [0.5, 0.6) is 0 Å². The molecule has 0 aromatic carbocycles. The van der Waals surface area contributed by atoms with Crippen LogP contribution in [0.15, 0.2) is 0 Å². The molecule has 0 radical (unpaired) electrons. The van der Waals surface area contributed by atoms with Gasteiger partial charge in [0.25, 0.3) is 0 Å². The first-order chi connectivity index (χ1) is 7.26. The molecule has 2 N–H and O–H groups in total. The lowest BCUT2D eigenvalue weighted by Crippen LogP contribution is -2.57. The van der Waals surface area contributed by atoms with Gasteiger partial charge in [0, 0.05) is 33.2 Å². The molecule has 0 bridgehead atoms. The molecule has 5 nitrogen and oxygen atoms in total. The number of amides is 2. The predicted molar refractivity (Wildman–Crippen MR) is 56.8 cm³/mol. The van der Waals surface area contributed by atoms with Crippen molar-refractivity contribution in [2.24, 2.45) is 0 Å². The van der Waals surface area contributed by atoms with Crippen LogP contribution in [0.3, 0.4) is 0 Å². The molecule has 2 aliphatic heterocycles. The number of hydrogen-bond acceptors (Lipinski definition) is 3. The molecule has 2 rings (SSSR count). The SMILES string of the molecule is CNC(=O)N1CCC2(CC1)CNCCO2. The summed E-state index contributed by atoms with van der Waals surface area (Å²) < 4.78 is 5.85. The van der Waals surface area contributed by atoms with E-state index in [1.54, 1.807) is 7.05 Å². The van der Waals surface area contributed by atoms with Gasteiger partial charge in [-0.05, 0) is 12.8 Å². The number of hydrogen-bond donors (Lipinski definition) is 2. The predicted octanol–water partition coefficient (Wildman–Crippen LogP) is -0.220. The van der Waals surface area contributed by atoms with Gasteiger partial charge in [-0.25, -0.2) is 4.79 Å².